The second-order valence-corrected chi connectivity index (χ2v) is 5.54. The van der Waals surface area contributed by atoms with Crippen LogP contribution in [0.5, 0.6) is 11.5 Å². The molecule has 6 heteroatoms. The summed E-state index contributed by atoms with van der Waals surface area (Å²) in [6.07, 6.45) is 1.29. The molecule has 132 valence electrons. The number of esters is 1. The van der Waals surface area contributed by atoms with Crippen LogP contribution < -0.4 is 4.74 Å². The largest absolute Gasteiger partial charge is 0.507 e. The molecule has 2 aromatic carbocycles. The van der Waals surface area contributed by atoms with Crippen LogP contribution in [0, 0.1) is 6.92 Å². The molecule has 2 aromatic rings. The molecule has 0 bridgehead atoms. The Hall–Kier alpha value is -3.02. The number of ether oxygens (including phenoxy) is 2. The molecule has 0 fully saturated rings. The second-order valence-electron chi connectivity index (χ2n) is 5.54. The molecule has 0 saturated carbocycles. The number of carbonyl (C=O) groups excluding carboxylic acids is 1. The molecular formula is C19H20O6. The van der Waals surface area contributed by atoms with Crippen molar-refractivity contribution in [3.05, 3.63) is 59.2 Å². The van der Waals surface area contributed by atoms with Crippen LogP contribution in [-0.4, -0.2) is 35.4 Å². The summed E-state index contributed by atoms with van der Waals surface area (Å²) in [6.45, 7) is 2.61. The molecule has 0 atom stereocenters. The van der Waals surface area contributed by atoms with Crippen molar-refractivity contribution >= 4 is 11.9 Å². The van der Waals surface area contributed by atoms with Crippen LogP contribution in [0.2, 0.25) is 0 Å². The van der Waals surface area contributed by atoms with Gasteiger partial charge in [0.2, 0.25) is 0 Å². The Morgan fingerprint density at radius 1 is 1.00 bits per heavy atom. The van der Waals surface area contributed by atoms with E-state index in [9.17, 15) is 14.7 Å². The van der Waals surface area contributed by atoms with Gasteiger partial charge in [-0.3, -0.25) is 0 Å². The molecule has 0 saturated heterocycles. The molecule has 0 aliphatic rings. The minimum Gasteiger partial charge on any atom is -0.507 e. The summed E-state index contributed by atoms with van der Waals surface area (Å²) in [6, 6.07) is 11.2. The molecule has 2 rings (SSSR count). The van der Waals surface area contributed by atoms with Gasteiger partial charge in [0.15, 0.2) is 0 Å². The lowest BCUT2D eigenvalue weighted by atomic mass is 10.1. The zero-order valence-corrected chi connectivity index (χ0v) is 13.9. The van der Waals surface area contributed by atoms with Crippen molar-refractivity contribution in [3.63, 3.8) is 0 Å². The van der Waals surface area contributed by atoms with E-state index >= 15 is 0 Å². The van der Waals surface area contributed by atoms with E-state index in [1.54, 1.807) is 12.1 Å². The Morgan fingerprint density at radius 2 is 1.68 bits per heavy atom. The summed E-state index contributed by atoms with van der Waals surface area (Å²) in [7, 11) is 0. The van der Waals surface area contributed by atoms with Gasteiger partial charge >= 0.3 is 11.9 Å². The topological polar surface area (TPSA) is 93.1 Å². The number of carbonyl (C=O) groups is 2. The Morgan fingerprint density at radius 3 is 2.32 bits per heavy atom. The molecule has 0 aliphatic carbocycles. The number of carboxylic acids is 1. The second kappa shape index (κ2) is 8.73. The van der Waals surface area contributed by atoms with E-state index in [2.05, 4.69) is 0 Å². The number of aromatic carboxylic acids is 1. The number of phenols is 1. The van der Waals surface area contributed by atoms with Crippen molar-refractivity contribution in [1.82, 2.24) is 0 Å². The van der Waals surface area contributed by atoms with Crippen molar-refractivity contribution in [3.8, 4) is 11.5 Å². The van der Waals surface area contributed by atoms with E-state index in [1.165, 1.54) is 18.2 Å². The van der Waals surface area contributed by atoms with Crippen LogP contribution in [-0.2, 0) is 4.74 Å². The maximum Gasteiger partial charge on any atom is 0.339 e. The minimum atomic E-state index is -1.19. The number of unbranched alkanes of at least 4 members (excludes halogenated alkanes) is 1. The summed E-state index contributed by atoms with van der Waals surface area (Å²) in [5.74, 6) is -1.49. The highest BCUT2D eigenvalue weighted by atomic mass is 16.5. The first-order valence-electron chi connectivity index (χ1n) is 7.90. The third-order valence-electron chi connectivity index (χ3n) is 3.53. The summed E-state index contributed by atoms with van der Waals surface area (Å²) in [5, 5.41) is 18.4. The van der Waals surface area contributed by atoms with Crippen LogP contribution >= 0.6 is 0 Å². The summed E-state index contributed by atoms with van der Waals surface area (Å²) in [5.41, 5.74) is 1.43. The lowest BCUT2D eigenvalue weighted by Gasteiger charge is -2.08. The van der Waals surface area contributed by atoms with Gasteiger partial charge in [0.25, 0.3) is 0 Å². The average Bonchev–Trinajstić information content (AvgIpc) is 2.58. The molecule has 0 heterocycles. The van der Waals surface area contributed by atoms with Gasteiger partial charge in [-0.05, 0) is 44.0 Å². The fraction of sp³-hybridized carbons (Fsp3) is 0.263. The Balaban J connectivity index is 1.66. The number of hydrogen-bond acceptors (Lipinski definition) is 5. The maximum atomic E-state index is 11.8. The van der Waals surface area contributed by atoms with Crippen LogP contribution in [0.15, 0.2) is 42.5 Å². The third kappa shape index (κ3) is 5.53. The highest BCUT2D eigenvalue weighted by Gasteiger charge is 2.10. The first kappa shape index (κ1) is 18.3. The van der Waals surface area contributed by atoms with E-state index in [0.29, 0.717) is 37.4 Å². The molecule has 0 aliphatic heterocycles. The first-order valence-corrected chi connectivity index (χ1v) is 7.90. The SMILES string of the molecule is Cc1ccc(C(=O)OCCCCOc2ccc(C(=O)O)c(O)c2)cc1. The maximum absolute atomic E-state index is 11.8. The molecule has 25 heavy (non-hydrogen) atoms. The quantitative estimate of drug-likeness (QED) is 0.563. The Bertz CT molecular complexity index is 736. The molecule has 6 nitrogen and oxygen atoms in total. The van der Waals surface area contributed by atoms with Crippen molar-refractivity contribution in [2.75, 3.05) is 13.2 Å². The monoisotopic (exact) mass is 344 g/mol. The van der Waals surface area contributed by atoms with Crippen LogP contribution in [0.1, 0.15) is 39.1 Å². The van der Waals surface area contributed by atoms with Gasteiger partial charge in [0.05, 0.1) is 18.8 Å². The number of benzene rings is 2. The van der Waals surface area contributed by atoms with Crippen molar-refractivity contribution < 1.29 is 29.3 Å². The van der Waals surface area contributed by atoms with Gasteiger partial charge in [-0.25, -0.2) is 9.59 Å². The van der Waals surface area contributed by atoms with E-state index in [4.69, 9.17) is 14.6 Å². The van der Waals surface area contributed by atoms with Crippen molar-refractivity contribution in [2.45, 2.75) is 19.8 Å². The zero-order chi connectivity index (χ0) is 18.2. The van der Waals surface area contributed by atoms with Gasteiger partial charge < -0.3 is 19.7 Å². The van der Waals surface area contributed by atoms with E-state index < -0.39 is 5.97 Å². The Kier molecular flexibility index (Phi) is 6.39. The van der Waals surface area contributed by atoms with Crippen LogP contribution in [0.3, 0.4) is 0 Å². The predicted molar refractivity (Wildman–Crippen MR) is 91.3 cm³/mol. The van der Waals surface area contributed by atoms with Gasteiger partial charge in [-0.1, -0.05) is 17.7 Å². The minimum absolute atomic E-state index is 0.171. The van der Waals surface area contributed by atoms with Crippen LogP contribution in [0.25, 0.3) is 0 Å². The Labute approximate surface area is 145 Å². The number of aromatic hydroxyl groups is 1. The van der Waals surface area contributed by atoms with E-state index in [-0.39, 0.29) is 17.3 Å². The highest BCUT2D eigenvalue weighted by molar-refractivity contribution is 5.91. The highest BCUT2D eigenvalue weighted by Crippen LogP contribution is 2.23. The first-order chi connectivity index (χ1) is 12.0. The average molecular weight is 344 g/mol. The number of carboxylic acid groups (broad SMARTS) is 1. The summed E-state index contributed by atoms with van der Waals surface area (Å²) >= 11 is 0. The van der Waals surface area contributed by atoms with Crippen LogP contribution in [0.4, 0.5) is 0 Å². The van der Waals surface area contributed by atoms with Gasteiger partial charge in [0.1, 0.15) is 17.1 Å². The molecular weight excluding hydrogens is 324 g/mol. The molecule has 0 aromatic heterocycles. The lowest BCUT2D eigenvalue weighted by Crippen LogP contribution is -2.07. The fourth-order valence-electron chi connectivity index (χ4n) is 2.11. The number of aryl methyl sites for hydroxylation is 1. The third-order valence-corrected chi connectivity index (χ3v) is 3.53. The van der Waals surface area contributed by atoms with Crippen molar-refractivity contribution in [2.24, 2.45) is 0 Å². The molecule has 0 unspecified atom stereocenters. The van der Waals surface area contributed by atoms with E-state index in [1.807, 2.05) is 19.1 Å². The van der Waals surface area contributed by atoms with Gasteiger partial charge in [-0.2, -0.15) is 0 Å². The number of hydrogen-bond donors (Lipinski definition) is 2. The standard InChI is InChI=1S/C19H20O6/c1-13-4-6-14(7-5-13)19(23)25-11-3-2-10-24-15-8-9-16(18(21)22)17(20)12-15/h4-9,12,20H,2-3,10-11H2,1H3,(H,21,22). The van der Waals surface area contributed by atoms with Gasteiger partial charge in [-0.15, -0.1) is 0 Å². The lowest BCUT2D eigenvalue weighted by molar-refractivity contribution is 0.0493. The summed E-state index contributed by atoms with van der Waals surface area (Å²) in [4.78, 5) is 22.6. The van der Waals surface area contributed by atoms with Crippen molar-refractivity contribution in [1.29, 1.82) is 0 Å². The van der Waals surface area contributed by atoms with Gasteiger partial charge in [0, 0.05) is 6.07 Å². The fourth-order valence-corrected chi connectivity index (χ4v) is 2.11. The molecule has 2 N–H and O–H groups in total. The van der Waals surface area contributed by atoms with E-state index in [0.717, 1.165) is 5.56 Å². The molecule has 0 radical (unpaired) electrons. The smallest absolute Gasteiger partial charge is 0.339 e. The molecule has 0 spiro atoms. The molecule has 0 amide bonds. The summed E-state index contributed by atoms with van der Waals surface area (Å²) < 4.78 is 10.6. The zero-order valence-electron chi connectivity index (χ0n) is 13.9. The normalized spacial score (nSPS) is 10.3. The predicted octanol–water partition coefficient (Wildman–Crippen LogP) is 3.41. The number of rotatable bonds is 8.